The Hall–Kier alpha value is -3.15. The second-order valence-electron chi connectivity index (χ2n) is 4.86. The normalized spacial score (nSPS) is 26.1. The number of aliphatic hydroxyl groups is 2. The number of aromatic nitrogens is 4. The Morgan fingerprint density at radius 1 is 1.29 bits per heavy atom. The highest BCUT2D eigenvalue weighted by Gasteiger charge is 2.44. The minimum Gasteiger partial charge on any atom is -0.388 e. The molecule has 1 aliphatic heterocycles. The van der Waals surface area contributed by atoms with Crippen LogP contribution in [0.25, 0.3) is 32.0 Å². The third-order valence-corrected chi connectivity index (χ3v) is 3.54. The highest BCUT2D eigenvalue weighted by Crippen LogP contribution is 2.36. The molecule has 2 unspecified atom stereocenters. The Labute approximate surface area is 132 Å². The monoisotopic (exact) mass is 333 g/mol. The molecule has 1 saturated heterocycles. The Bertz CT molecular complexity index is 868. The molecule has 3 rings (SSSR count). The number of anilines is 1. The first kappa shape index (κ1) is 15.7. The molecule has 0 amide bonds. The predicted molar refractivity (Wildman–Crippen MR) is 78.5 cm³/mol. The Morgan fingerprint density at radius 3 is 2.79 bits per heavy atom. The number of hydrogen-bond donors (Lipinski definition) is 3. The molecule has 3 heterocycles. The Morgan fingerprint density at radius 2 is 2.08 bits per heavy atom. The summed E-state index contributed by atoms with van der Waals surface area (Å²) in [5, 5.41) is 27.1. The average Bonchev–Trinajstić information content (AvgIpc) is 3.06. The molecular weight excluding hydrogens is 322 g/mol. The summed E-state index contributed by atoms with van der Waals surface area (Å²) in [6.07, 6.45) is -3.67. The van der Waals surface area contributed by atoms with Gasteiger partial charge < -0.3 is 20.7 Å². The second kappa shape index (κ2) is 6.16. The van der Waals surface area contributed by atoms with Gasteiger partial charge in [-0.25, -0.2) is 15.0 Å². The molecule has 14 heteroatoms. The SMILES string of the molecule is [N-]=[N+]=NC[C@H]1O[C@@H](n2c(N=[N+]=[N-])nc3c(N)ncnc32)C(O)C1O. The minimum atomic E-state index is -1.40. The fraction of sp³-hybridized carbons (Fsp3) is 0.500. The minimum absolute atomic E-state index is 0.0480. The molecule has 4 N–H and O–H groups in total. The van der Waals surface area contributed by atoms with Gasteiger partial charge in [-0.05, 0) is 16.2 Å². The van der Waals surface area contributed by atoms with Crippen molar-refractivity contribution < 1.29 is 14.9 Å². The third-order valence-electron chi connectivity index (χ3n) is 3.54. The van der Waals surface area contributed by atoms with Crippen molar-refractivity contribution in [2.24, 2.45) is 10.2 Å². The van der Waals surface area contributed by atoms with Gasteiger partial charge in [-0.3, -0.25) is 4.57 Å². The van der Waals surface area contributed by atoms with Crippen LogP contribution in [0.4, 0.5) is 11.8 Å². The zero-order chi connectivity index (χ0) is 17.3. The van der Waals surface area contributed by atoms with Gasteiger partial charge in [-0.2, -0.15) is 0 Å². The van der Waals surface area contributed by atoms with Gasteiger partial charge in [0.25, 0.3) is 0 Å². The van der Waals surface area contributed by atoms with Gasteiger partial charge in [-0.15, -0.1) is 0 Å². The van der Waals surface area contributed by atoms with Crippen LogP contribution in [0.3, 0.4) is 0 Å². The topological polar surface area (TPSA) is 217 Å². The first-order valence-corrected chi connectivity index (χ1v) is 6.64. The highest BCUT2D eigenvalue weighted by atomic mass is 16.6. The molecule has 0 saturated carbocycles. The molecule has 14 nitrogen and oxygen atoms in total. The number of hydrogen-bond acceptors (Lipinski definition) is 9. The van der Waals surface area contributed by atoms with Crippen LogP contribution in [-0.2, 0) is 4.74 Å². The van der Waals surface area contributed by atoms with Crippen molar-refractivity contribution in [3.63, 3.8) is 0 Å². The summed E-state index contributed by atoms with van der Waals surface area (Å²) in [7, 11) is 0. The van der Waals surface area contributed by atoms with E-state index in [9.17, 15) is 10.2 Å². The van der Waals surface area contributed by atoms with E-state index in [-0.39, 0.29) is 29.5 Å². The molecule has 4 atom stereocenters. The fourth-order valence-corrected chi connectivity index (χ4v) is 2.47. The zero-order valence-electron chi connectivity index (χ0n) is 11.9. The van der Waals surface area contributed by atoms with Crippen LogP contribution in [0.5, 0.6) is 0 Å². The number of nitrogens with zero attached hydrogens (tertiary/aromatic N) is 10. The van der Waals surface area contributed by atoms with Gasteiger partial charge in [0.05, 0.1) is 12.6 Å². The van der Waals surface area contributed by atoms with Gasteiger partial charge >= 0.3 is 0 Å². The van der Waals surface area contributed by atoms with Crippen LogP contribution in [0.1, 0.15) is 6.23 Å². The average molecular weight is 333 g/mol. The Kier molecular flexibility index (Phi) is 4.04. The number of nitrogen functional groups attached to an aromatic ring is 1. The molecule has 2 aromatic heterocycles. The van der Waals surface area contributed by atoms with Crippen LogP contribution < -0.4 is 5.73 Å². The number of azide groups is 2. The molecule has 24 heavy (non-hydrogen) atoms. The van der Waals surface area contributed by atoms with Crippen molar-refractivity contribution >= 4 is 22.9 Å². The van der Waals surface area contributed by atoms with E-state index in [0.717, 1.165) is 0 Å². The smallest absolute Gasteiger partial charge is 0.201 e. The summed E-state index contributed by atoms with van der Waals surface area (Å²) >= 11 is 0. The molecule has 0 aromatic carbocycles. The van der Waals surface area contributed by atoms with Crippen molar-refractivity contribution in [3.05, 3.63) is 27.2 Å². The number of ether oxygens (including phenoxy) is 1. The van der Waals surface area contributed by atoms with E-state index in [1.807, 2.05) is 0 Å². The van der Waals surface area contributed by atoms with E-state index in [0.29, 0.717) is 0 Å². The zero-order valence-corrected chi connectivity index (χ0v) is 11.9. The molecule has 1 aliphatic rings. The molecule has 1 fully saturated rings. The van der Waals surface area contributed by atoms with Crippen LogP contribution in [0, 0.1) is 0 Å². The number of nitrogens with two attached hydrogens (primary N) is 1. The summed E-state index contributed by atoms with van der Waals surface area (Å²) in [4.78, 5) is 17.1. The van der Waals surface area contributed by atoms with Gasteiger partial charge in [0.2, 0.25) is 5.95 Å². The summed E-state index contributed by atoms with van der Waals surface area (Å²) in [6.45, 7) is -0.189. The molecule has 0 bridgehead atoms. The maximum Gasteiger partial charge on any atom is 0.201 e. The van der Waals surface area contributed by atoms with E-state index < -0.39 is 24.5 Å². The molecule has 0 spiro atoms. The van der Waals surface area contributed by atoms with Crippen molar-refractivity contribution in [1.82, 2.24) is 19.5 Å². The fourth-order valence-electron chi connectivity index (χ4n) is 2.47. The lowest BCUT2D eigenvalue weighted by Gasteiger charge is -2.17. The van der Waals surface area contributed by atoms with Crippen LogP contribution >= 0.6 is 0 Å². The van der Waals surface area contributed by atoms with E-state index in [2.05, 4.69) is 35.0 Å². The second-order valence-corrected chi connectivity index (χ2v) is 4.86. The van der Waals surface area contributed by atoms with Gasteiger partial charge in [0.15, 0.2) is 23.2 Å². The maximum atomic E-state index is 10.3. The Balaban J connectivity index is 2.11. The lowest BCUT2D eigenvalue weighted by atomic mass is 10.1. The summed E-state index contributed by atoms with van der Waals surface area (Å²) < 4.78 is 6.75. The summed E-state index contributed by atoms with van der Waals surface area (Å²) in [5.41, 5.74) is 23.1. The maximum absolute atomic E-state index is 10.3. The lowest BCUT2D eigenvalue weighted by Crippen LogP contribution is -2.32. The summed E-state index contributed by atoms with van der Waals surface area (Å²) in [5.74, 6) is -0.118. The van der Waals surface area contributed by atoms with E-state index in [1.54, 1.807) is 0 Å². The molecule has 0 radical (unpaired) electrons. The lowest BCUT2D eigenvalue weighted by molar-refractivity contribution is -0.0310. The molecular formula is C10H11N11O3. The van der Waals surface area contributed by atoms with Gasteiger partial charge in [-0.1, -0.05) is 5.11 Å². The number of aliphatic hydroxyl groups excluding tert-OH is 2. The first-order chi connectivity index (χ1) is 11.6. The number of rotatable bonds is 4. The van der Waals surface area contributed by atoms with E-state index in [1.165, 1.54) is 10.9 Å². The van der Waals surface area contributed by atoms with Crippen LogP contribution in [-0.4, -0.2) is 54.6 Å². The van der Waals surface area contributed by atoms with Crippen LogP contribution in [0.2, 0.25) is 0 Å². The standard InChI is InChI=1S/C10H11N11O3/c11-7-4-8(15-2-14-7)21(10(17-4)18-20-13)9-6(23)5(22)3(24-9)1-16-19-12/h2-3,5-6,9,22-23H,1H2,(H2,11,14,15)/t3-,5?,6?,9-/m1/s1. The van der Waals surface area contributed by atoms with E-state index >= 15 is 0 Å². The van der Waals surface area contributed by atoms with Gasteiger partial charge in [0, 0.05) is 9.82 Å². The largest absolute Gasteiger partial charge is 0.388 e. The van der Waals surface area contributed by atoms with Crippen molar-refractivity contribution in [3.8, 4) is 0 Å². The van der Waals surface area contributed by atoms with Crippen LogP contribution in [0.15, 0.2) is 16.6 Å². The van der Waals surface area contributed by atoms with Crippen molar-refractivity contribution in [1.29, 1.82) is 0 Å². The van der Waals surface area contributed by atoms with E-state index in [4.69, 9.17) is 21.5 Å². The summed E-state index contributed by atoms with van der Waals surface area (Å²) in [6, 6.07) is 0. The predicted octanol–water partition coefficient (Wildman–Crippen LogP) is 0.280. The third kappa shape index (κ3) is 2.42. The van der Waals surface area contributed by atoms with Crippen molar-refractivity contribution in [2.75, 3.05) is 12.3 Å². The highest BCUT2D eigenvalue weighted by molar-refractivity contribution is 5.83. The first-order valence-electron chi connectivity index (χ1n) is 6.64. The number of fused-ring (bicyclic) bond motifs is 1. The molecule has 0 aliphatic carbocycles. The molecule has 2 aromatic rings. The molecule has 124 valence electrons. The number of imidazole rings is 1. The van der Waals surface area contributed by atoms with Gasteiger partial charge in [0.1, 0.15) is 18.5 Å². The van der Waals surface area contributed by atoms with Crippen molar-refractivity contribution in [2.45, 2.75) is 24.5 Å². The quantitative estimate of drug-likeness (QED) is 0.402.